The van der Waals surface area contributed by atoms with Crippen LogP contribution in [0.5, 0.6) is 0 Å². The van der Waals surface area contributed by atoms with Gasteiger partial charge in [0.15, 0.2) is 0 Å². The Morgan fingerprint density at radius 2 is 1.77 bits per heavy atom. The first-order valence-electron chi connectivity index (χ1n) is 9.29. The smallest absolute Gasteiger partial charge is 0.0367 e. The average Bonchev–Trinajstić information content (AvgIpc) is 3.13. The van der Waals surface area contributed by atoms with Crippen LogP contribution in [0.25, 0.3) is 11.6 Å². The van der Waals surface area contributed by atoms with Crippen molar-refractivity contribution in [2.24, 2.45) is 0 Å². The summed E-state index contributed by atoms with van der Waals surface area (Å²) in [7, 11) is 0. The van der Waals surface area contributed by atoms with Gasteiger partial charge in [-0.15, -0.1) is 0 Å². The van der Waals surface area contributed by atoms with E-state index in [0.717, 1.165) is 38.2 Å². The molecule has 1 aliphatic carbocycles. The molecule has 26 heavy (non-hydrogen) atoms. The number of hydrogen-bond donors (Lipinski definition) is 1. The van der Waals surface area contributed by atoms with Gasteiger partial charge in [-0.05, 0) is 94.0 Å². The summed E-state index contributed by atoms with van der Waals surface area (Å²) in [6, 6.07) is 11.2. The van der Waals surface area contributed by atoms with Crippen molar-refractivity contribution in [2.75, 3.05) is 31.1 Å². The molecule has 0 unspecified atom stereocenters. The second-order valence-corrected chi connectivity index (χ2v) is 8.40. The van der Waals surface area contributed by atoms with E-state index in [1.165, 1.54) is 42.6 Å². The Morgan fingerprint density at radius 1 is 1.08 bits per heavy atom. The molecule has 2 aromatic carbocycles. The third-order valence-corrected chi connectivity index (χ3v) is 7.07. The van der Waals surface area contributed by atoms with E-state index in [4.69, 9.17) is 0 Å². The first-order chi connectivity index (χ1) is 12.5. The van der Waals surface area contributed by atoms with Gasteiger partial charge < -0.3 is 10.2 Å². The third-order valence-electron chi connectivity index (χ3n) is 5.57. The van der Waals surface area contributed by atoms with Crippen LogP contribution < -0.4 is 10.2 Å². The zero-order valence-corrected chi connectivity index (χ0v) is 17.7. The second-order valence-electron chi connectivity index (χ2n) is 7.33. The van der Waals surface area contributed by atoms with Crippen LogP contribution in [-0.4, -0.2) is 26.2 Å². The fourth-order valence-electron chi connectivity index (χ4n) is 4.03. The first kappa shape index (κ1) is 17.8. The van der Waals surface area contributed by atoms with Crippen molar-refractivity contribution >= 4 is 39.9 Å². The molecule has 2 aliphatic rings. The van der Waals surface area contributed by atoms with Crippen LogP contribution in [0.2, 0.25) is 0 Å². The van der Waals surface area contributed by atoms with Gasteiger partial charge >= 0.3 is 0 Å². The normalized spacial score (nSPS) is 16.4. The van der Waals surface area contributed by atoms with Crippen LogP contribution in [0.15, 0.2) is 42.5 Å². The molecule has 4 rings (SSSR count). The minimum atomic E-state index is 0.995. The summed E-state index contributed by atoms with van der Waals surface area (Å²) in [6.07, 6.45) is 3.34. The van der Waals surface area contributed by atoms with Crippen molar-refractivity contribution in [3.63, 3.8) is 0 Å². The van der Waals surface area contributed by atoms with Gasteiger partial charge in [0.2, 0.25) is 0 Å². The van der Waals surface area contributed by atoms with Gasteiger partial charge in [-0.25, -0.2) is 0 Å². The summed E-state index contributed by atoms with van der Waals surface area (Å²) in [5, 5.41) is 3.41. The summed E-state index contributed by atoms with van der Waals surface area (Å²) in [5.74, 6) is 0. The Kier molecular flexibility index (Phi) is 4.93. The molecule has 1 heterocycles. The molecule has 0 saturated carbocycles. The van der Waals surface area contributed by atoms with E-state index in [0.29, 0.717) is 0 Å². The van der Waals surface area contributed by atoms with Gasteiger partial charge in [0, 0.05) is 35.4 Å². The maximum Gasteiger partial charge on any atom is 0.0367 e. The van der Waals surface area contributed by atoms with E-state index in [1.807, 2.05) is 0 Å². The molecule has 0 radical (unpaired) electrons. The Labute approximate surface area is 170 Å². The lowest BCUT2D eigenvalue weighted by atomic mass is 9.97. The Morgan fingerprint density at radius 3 is 2.46 bits per heavy atom. The fourth-order valence-corrected chi connectivity index (χ4v) is 4.66. The standard InChI is InChI=1S/C23H25IN2/c1-15-12-16(2)23(24)22-14-19(13-21(15)22)17(3)18-4-6-20(7-5-18)26-10-8-25-9-11-26/h4-7,12-13,25H,3,8-11,14H2,1-2H3. The maximum absolute atomic E-state index is 4.42. The van der Waals surface area contributed by atoms with Gasteiger partial charge in [-0.2, -0.15) is 0 Å². The molecule has 1 aliphatic heterocycles. The van der Waals surface area contributed by atoms with Crippen molar-refractivity contribution in [2.45, 2.75) is 20.3 Å². The van der Waals surface area contributed by atoms with Crippen LogP contribution in [0, 0.1) is 17.4 Å². The van der Waals surface area contributed by atoms with Crippen molar-refractivity contribution < 1.29 is 0 Å². The van der Waals surface area contributed by atoms with E-state index in [-0.39, 0.29) is 0 Å². The van der Waals surface area contributed by atoms with Gasteiger partial charge in [0.05, 0.1) is 0 Å². The minimum Gasteiger partial charge on any atom is -0.369 e. The monoisotopic (exact) mass is 456 g/mol. The average molecular weight is 456 g/mol. The highest BCUT2D eigenvalue weighted by atomic mass is 127. The second kappa shape index (κ2) is 7.20. The summed E-state index contributed by atoms with van der Waals surface area (Å²) >= 11 is 2.49. The number of halogens is 1. The van der Waals surface area contributed by atoms with E-state index in [2.05, 4.69) is 89.6 Å². The molecule has 0 aromatic heterocycles. The summed E-state index contributed by atoms with van der Waals surface area (Å²) < 4.78 is 1.40. The van der Waals surface area contributed by atoms with Crippen LogP contribution in [0.1, 0.15) is 27.8 Å². The lowest BCUT2D eigenvalue weighted by molar-refractivity contribution is 0.589. The van der Waals surface area contributed by atoms with Crippen molar-refractivity contribution in [1.29, 1.82) is 0 Å². The predicted octanol–water partition coefficient (Wildman–Crippen LogP) is 4.97. The lowest BCUT2D eigenvalue weighted by Gasteiger charge is -2.29. The molecule has 3 heteroatoms. The predicted molar refractivity (Wildman–Crippen MR) is 121 cm³/mol. The number of nitrogens with one attached hydrogen (secondary N) is 1. The van der Waals surface area contributed by atoms with Crippen LogP contribution >= 0.6 is 22.6 Å². The molecule has 0 bridgehead atoms. The lowest BCUT2D eigenvalue weighted by Crippen LogP contribution is -2.43. The first-order valence-corrected chi connectivity index (χ1v) is 10.4. The van der Waals surface area contributed by atoms with Gasteiger partial charge in [-0.1, -0.05) is 30.9 Å². The quantitative estimate of drug-likeness (QED) is 0.657. The zero-order chi connectivity index (χ0) is 18.3. The van der Waals surface area contributed by atoms with E-state index in [1.54, 1.807) is 0 Å². The molecule has 1 N–H and O–H groups in total. The maximum atomic E-state index is 4.42. The molecular formula is C23H25IN2. The molecule has 2 nitrogen and oxygen atoms in total. The van der Waals surface area contributed by atoms with E-state index >= 15 is 0 Å². The van der Waals surface area contributed by atoms with Crippen molar-refractivity contribution in [1.82, 2.24) is 5.32 Å². The minimum absolute atomic E-state index is 0.995. The summed E-state index contributed by atoms with van der Waals surface area (Å²) in [5.41, 5.74) is 10.7. The van der Waals surface area contributed by atoms with Crippen molar-refractivity contribution in [3.8, 4) is 0 Å². The number of rotatable bonds is 3. The molecular weight excluding hydrogens is 431 g/mol. The molecule has 1 fully saturated rings. The molecule has 1 saturated heterocycles. The fraction of sp³-hybridized carbons (Fsp3) is 0.304. The number of nitrogens with zero attached hydrogens (tertiary/aromatic N) is 1. The number of allylic oxidation sites excluding steroid dienone is 2. The third kappa shape index (κ3) is 3.23. The number of anilines is 1. The Balaban J connectivity index is 1.56. The van der Waals surface area contributed by atoms with E-state index < -0.39 is 0 Å². The number of piperazine rings is 1. The van der Waals surface area contributed by atoms with E-state index in [9.17, 15) is 0 Å². The van der Waals surface area contributed by atoms with Crippen LogP contribution in [-0.2, 0) is 6.42 Å². The topological polar surface area (TPSA) is 15.3 Å². The highest BCUT2D eigenvalue weighted by Crippen LogP contribution is 2.38. The summed E-state index contributed by atoms with van der Waals surface area (Å²) in [6.45, 7) is 13.1. The molecule has 0 spiro atoms. The number of fused-ring (bicyclic) bond motifs is 1. The highest BCUT2D eigenvalue weighted by Gasteiger charge is 2.21. The molecule has 2 aromatic rings. The SMILES string of the molecule is C=C(C1=Cc2c(C)cc(C)c(I)c2C1)c1ccc(N2CCNCC2)cc1. The molecule has 0 amide bonds. The highest BCUT2D eigenvalue weighted by molar-refractivity contribution is 14.1. The van der Waals surface area contributed by atoms with Crippen molar-refractivity contribution in [3.05, 3.63) is 73.9 Å². The molecule has 0 atom stereocenters. The molecule has 134 valence electrons. The van der Waals surface area contributed by atoms with Gasteiger partial charge in [-0.3, -0.25) is 0 Å². The van der Waals surface area contributed by atoms with Gasteiger partial charge in [0.1, 0.15) is 0 Å². The Hall–Kier alpha value is -1.59. The van der Waals surface area contributed by atoms with Crippen LogP contribution in [0.4, 0.5) is 5.69 Å². The number of benzene rings is 2. The number of hydrogen-bond acceptors (Lipinski definition) is 2. The Bertz CT molecular complexity index is 887. The zero-order valence-electron chi connectivity index (χ0n) is 15.5. The van der Waals surface area contributed by atoms with Gasteiger partial charge in [0.25, 0.3) is 0 Å². The summed E-state index contributed by atoms with van der Waals surface area (Å²) in [4.78, 5) is 2.45. The largest absolute Gasteiger partial charge is 0.369 e. The van der Waals surface area contributed by atoms with Crippen LogP contribution in [0.3, 0.4) is 0 Å². The number of aryl methyl sites for hydroxylation is 2.